The molecule has 1 atom stereocenters. The number of ether oxygens (including phenoxy) is 2. The van der Waals surface area contributed by atoms with Gasteiger partial charge < -0.3 is 14.6 Å². The average molecular weight is 176 g/mol. The van der Waals surface area contributed by atoms with Crippen LogP contribution in [0, 0.1) is 0 Å². The number of rotatable bonds is 7. The molecule has 4 nitrogen and oxygen atoms in total. The molecule has 0 saturated heterocycles. The molecule has 0 radical (unpaired) electrons. The van der Waals surface area contributed by atoms with Crippen molar-refractivity contribution in [2.24, 2.45) is 0 Å². The largest absolute Gasteiger partial charge is 0.480 e. The predicted octanol–water partition coefficient (Wildman–Crippen LogP) is 1.25. The van der Waals surface area contributed by atoms with Crippen molar-refractivity contribution in [3.05, 3.63) is 0 Å². The number of hydrogen-bond acceptors (Lipinski definition) is 3. The Morgan fingerprint density at radius 3 is 2.67 bits per heavy atom. The van der Waals surface area contributed by atoms with Gasteiger partial charge in [-0.1, -0.05) is 13.3 Å². The number of carboxylic acid groups (broad SMARTS) is 1. The lowest BCUT2D eigenvalue weighted by Gasteiger charge is -2.11. The second-order valence-electron chi connectivity index (χ2n) is 2.50. The van der Waals surface area contributed by atoms with Crippen LogP contribution in [0.25, 0.3) is 0 Å². The van der Waals surface area contributed by atoms with E-state index in [0.717, 1.165) is 12.8 Å². The Kier molecular flexibility index (Phi) is 6.70. The molecule has 1 unspecified atom stereocenters. The molecule has 0 spiro atoms. The van der Waals surface area contributed by atoms with Crippen LogP contribution in [0.5, 0.6) is 0 Å². The summed E-state index contributed by atoms with van der Waals surface area (Å²) < 4.78 is 9.98. The number of carbonyl (C=O) groups is 1. The van der Waals surface area contributed by atoms with Crippen molar-refractivity contribution in [3.8, 4) is 0 Å². The molecular formula is C8H16O4. The summed E-state index contributed by atoms with van der Waals surface area (Å²) in [5.74, 6) is -0.971. The van der Waals surface area contributed by atoms with Crippen LogP contribution in [0.15, 0.2) is 0 Å². The van der Waals surface area contributed by atoms with Gasteiger partial charge in [0, 0.05) is 6.61 Å². The first kappa shape index (κ1) is 11.4. The van der Waals surface area contributed by atoms with E-state index in [1.807, 2.05) is 0 Å². The van der Waals surface area contributed by atoms with Gasteiger partial charge in [0.2, 0.25) is 0 Å². The lowest BCUT2D eigenvalue weighted by molar-refractivity contribution is -0.163. The predicted molar refractivity (Wildman–Crippen MR) is 43.9 cm³/mol. The van der Waals surface area contributed by atoms with E-state index in [0.29, 0.717) is 6.61 Å². The fraction of sp³-hybridized carbons (Fsp3) is 0.875. The zero-order valence-corrected chi connectivity index (χ0v) is 7.58. The molecule has 0 amide bonds. The molecule has 0 aliphatic heterocycles. The summed E-state index contributed by atoms with van der Waals surface area (Å²) in [6.07, 6.45) is 1.61. The van der Waals surface area contributed by atoms with Gasteiger partial charge in [0.05, 0.1) is 0 Å². The van der Waals surface area contributed by atoms with Crippen LogP contribution in [0.3, 0.4) is 0 Å². The maximum Gasteiger partial charge on any atom is 0.329 e. The van der Waals surface area contributed by atoms with Gasteiger partial charge in [0.1, 0.15) is 6.61 Å². The van der Waals surface area contributed by atoms with Crippen LogP contribution in [-0.2, 0) is 14.3 Å². The van der Waals surface area contributed by atoms with Gasteiger partial charge in [-0.25, -0.2) is 4.79 Å². The molecule has 0 aromatic carbocycles. The molecule has 0 rings (SSSR count). The Morgan fingerprint density at radius 2 is 2.17 bits per heavy atom. The summed E-state index contributed by atoms with van der Waals surface area (Å²) in [6, 6.07) is 0. The number of aliphatic carboxylic acids is 1. The van der Waals surface area contributed by atoms with Crippen LogP contribution in [0.1, 0.15) is 26.7 Å². The van der Waals surface area contributed by atoms with Gasteiger partial charge in [-0.15, -0.1) is 0 Å². The van der Waals surface area contributed by atoms with Gasteiger partial charge in [-0.05, 0) is 13.3 Å². The van der Waals surface area contributed by atoms with Crippen molar-refractivity contribution in [3.63, 3.8) is 0 Å². The minimum absolute atomic E-state index is 0.298. The first-order valence-corrected chi connectivity index (χ1v) is 4.11. The fourth-order valence-corrected chi connectivity index (χ4v) is 0.630. The smallest absolute Gasteiger partial charge is 0.329 e. The molecule has 0 fully saturated rings. The van der Waals surface area contributed by atoms with E-state index in [-0.39, 0.29) is 6.61 Å². The summed E-state index contributed by atoms with van der Waals surface area (Å²) >= 11 is 0. The molecular weight excluding hydrogens is 160 g/mol. The lowest BCUT2D eigenvalue weighted by Crippen LogP contribution is -2.18. The highest BCUT2D eigenvalue weighted by atomic mass is 16.7. The van der Waals surface area contributed by atoms with Crippen molar-refractivity contribution in [1.29, 1.82) is 0 Å². The van der Waals surface area contributed by atoms with Crippen LogP contribution in [0.4, 0.5) is 0 Å². The summed E-state index contributed by atoms with van der Waals surface area (Å²) in [5, 5.41) is 8.25. The van der Waals surface area contributed by atoms with Crippen molar-refractivity contribution in [1.82, 2.24) is 0 Å². The van der Waals surface area contributed by atoms with Crippen molar-refractivity contribution in [2.75, 3.05) is 13.2 Å². The van der Waals surface area contributed by atoms with Gasteiger partial charge in [0.25, 0.3) is 0 Å². The standard InChI is InChI=1S/C8H16O4/c1-3-4-5-11-7(2)12-6-8(9)10/h7H,3-6H2,1-2H3,(H,9,10). The molecule has 0 aromatic rings. The second-order valence-corrected chi connectivity index (χ2v) is 2.50. The summed E-state index contributed by atoms with van der Waals surface area (Å²) in [4.78, 5) is 10.1. The summed E-state index contributed by atoms with van der Waals surface area (Å²) in [5.41, 5.74) is 0. The van der Waals surface area contributed by atoms with E-state index in [2.05, 4.69) is 6.92 Å². The maximum atomic E-state index is 10.1. The molecule has 0 aromatic heterocycles. The zero-order valence-electron chi connectivity index (χ0n) is 7.58. The molecule has 0 aliphatic carbocycles. The Bertz CT molecular complexity index is 124. The Morgan fingerprint density at radius 1 is 1.50 bits per heavy atom. The quantitative estimate of drug-likeness (QED) is 0.468. The Labute approximate surface area is 72.5 Å². The van der Waals surface area contributed by atoms with Crippen molar-refractivity contribution in [2.45, 2.75) is 33.0 Å². The van der Waals surface area contributed by atoms with E-state index in [4.69, 9.17) is 14.6 Å². The minimum Gasteiger partial charge on any atom is -0.480 e. The molecule has 0 bridgehead atoms. The molecule has 0 saturated carbocycles. The summed E-state index contributed by atoms with van der Waals surface area (Å²) in [7, 11) is 0. The van der Waals surface area contributed by atoms with Gasteiger partial charge in [-0.3, -0.25) is 0 Å². The molecule has 0 heterocycles. The third-order valence-corrected chi connectivity index (χ3v) is 1.29. The van der Waals surface area contributed by atoms with Crippen LogP contribution in [0.2, 0.25) is 0 Å². The first-order valence-electron chi connectivity index (χ1n) is 4.11. The topological polar surface area (TPSA) is 55.8 Å². The van der Waals surface area contributed by atoms with E-state index in [1.165, 1.54) is 0 Å². The third-order valence-electron chi connectivity index (χ3n) is 1.29. The highest BCUT2D eigenvalue weighted by Crippen LogP contribution is 1.96. The fourth-order valence-electron chi connectivity index (χ4n) is 0.630. The minimum atomic E-state index is -0.971. The van der Waals surface area contributed by atoms with E-state index in [9.17, 15) is 4.79 Å². The van der Waals surface area contributed by atoms with Crippen LogP contribution >= 0.6 is 0 Å². The van der Waals surface area contributed by atoms with Crippen molar-refractivity contribution < 1.29 is 19.4 Å². The zero-order chi connectivity index (χ0) is 9.40. The maximum absolute atomic E-state index is 10.1. The van der Waals surface area contributed by atoms with E-state index in [1.54, 1.807) is 6.92 Å². The van der Waals surface area contributed by atoms with Gasteiger partial charge in [-0.2, -0.15) is 0 Å². The average Bonchev–Trinajstić information content (AvgIpc) is 2.01. The molecule has 12 heavy (non-hydrogen) atoms. The molecule has 4 heteroatoms. The highest BCUT2D eigenvalue weighted by Gasteiger charge is 2.03. The second kappa shape index (κ2) is 7.06. The number of unbranched alkanes of at least 4 members (excludes halogenated alkanes) is 1. The third kappa shape index (κ3) is 7.50. The van der Waals surface area contributed by atoms with Crippen LogP contribution < -0.4 is 0 Å². The SMILES string of the molecule is CCCCOC(C)OCC(=O)O. The molecule has 0 aliphatic rings. The van der Waals surface area contributed by atoms with E-state index < -0.39 is 12.3 Å². The summed E-state index contributed by atoms with van der Waals surface area (Å²) in [6.45, 7) is 4.08. The normalized spacial score (nSPS) is 12.8. The monoisotopic (exact) mass is 176 g/mol. The molecule has 72 valence electrons. The van der Waals surface area contributed by atoms with Crippen LogP contribution in [-0.4, -0.2) is 30.6 Å². The van der Waals surface area contributed by atoms with Gasteiger partial charge in [0.15, 0.2) is 6.29 Å². The van der Waals surface area contributed by atoms with E-state index >= 15 is 0 Å². The first-order chi connectivity index (χ1) is 5.66. The van der Waals surface area contributed by atoms with Gasteiger partial charge >= 0.3 is 5.97 Å². The lowest BCUT2D eigenvalue weighted by atomic mass is 10.4. The number of hydrogen-bond donors (Lipinski definition) is 1. The number of carboxylic acids is 1. The Hall–Kier alpha value is -0.610. The van der Waals surface area contributed by atoms with Crippen molar-refractivity contribution >= 4 is 5.97 Å². The molecule has 1 N–H and O–H groups in total. The highest BCUT2D eigenvalue weighted by molar-refractivity contribution is 5.67. The Balaban J connectivity index is 3.21.